The van der Waals surface area contributed by atoms with E-state index in [1.165, 1.54) is 5.56 Å². The molecule has 2 N–H and O–H groups in total. The molecule has 0 amide bonds. The SMILES string of the molecule is CC(C)Oc1ccc(C2CCC(N)(OC=O)CC2)cc1. The minimum absolute atomic E-state index is 0.189. The van der Waals surface area contributed by atoms with Crippen LogP contribution in [0, 0.1) is 0 Å². The summed E-state index contributed by atoms with van der Waals surface area (Å²) in [5, 5.41) is 0. The highest BCUT2D eigenvalue weighted by Gasteiger charge is 2.33. The molecule has 1 saturated carbocycles. The normalized spacial score (nSPS) is 26.3. The predicted molar refractivity (Wildman–Crippen MR) is 77.5 cm³/mol. The Labute approximate surface area is 120 Å². The second-order valence-electron chi connectivity index (χ2n) is 5.79. The van der Waals surface area contributed by atoms with Crippen molar-refractivity contribution in [3.63, 3.8) is 0 Å². The quantitative estimate of drug-likeness (QED) is 0.664. The van der Waals surface area contributed by atoms with Crippen molar-refractivity contribution in [1.82, 2.24) is 0 Å². The highest BCUT2D eigenvalue weighted by Crippen LogP contribution is 2.37. The van der Waals surface area contributed by atoms with E-state index in [1.807, 2.05) is 26.0 Å². The molecule has 1 aliphatic carbocycles. The molecule has 0 bridgehead atoms. The molecule has 0 unspecified atom stereocenters. The van der Waals surface area contributed by atoms with Crippen LogP contribution < -0.4 is 10.5 Å². The van der Waals surface area contributed by atoms with E-state index in [9.17, 15) is 4.79 Å². The van der Waals surface area contributed by atoms with Gasteiger partial charge in [-0.25, -0.2) is 0 Å². The summed E-state index contributed by atoms with van der Waals surface area (Å²) in [6, 6.07) is 8.27. The molecule has 0 spiro atoms. The fraction of sp³-hybridized carbons (Fsp3) is 0.562. The van der Waals surface area contributed by atoms with Crippen LogP contribution in [0.1, 0.15) is 51.0 Å². The van der Waals surface area contributed by atoms with Gasteiger partial charge in [-0.3, -0.25) is 10.5 Å². The number of nitrogens with two attached hydrogens (primary N) is 1. The Bertz CT molecular complexity index is 434. The van der Waals surface area contributed by atoms with Crippen molar-refractivity contribution in [3.8, 4) is 5.75 Å². The maximum Gasteiger partial charge on any atom is 0.294 e. The lowest BCUT2D eigenvalue weighted by molar-refractivity contribution is -0.146. The summed E-state index contributed by atoms with van der Waals surface area (Å²) in [6.45, 7) is 4.49. The molecule has 1 fully saturated rings. The fourth-order valence-electron chi connectivity index (χ4n) is 2.74. The van der Waals surface area contributed by atoms with Crippen LogP contribution in [0.4, 0.5) is 0 Å². The van der Waals surface area contributed by atoms with Gasteiger partial charge in [0, 0.05) is 12.8 Å². The summed E-state index contributed by atoms with van der Waals surface area (Å²) in [5.41, 5.74) is 6.55. The zero-order valence-corrected chi connectivity index (χ0v) is 12.2. The summed E-state index contributed by atoms with van der Waals surface area (Å²) in [7, 11) is 0. The monoisotopic (exact) mass is 277 g/mol. The number of carbonyl (C=O) groups is 1. The van der Waals surface area contributed by atoms with Crippen molar-refractivity contribution in [3.05, 3.63) is 29.8 Å². The second-order valence-corrected chi connectivity index (χ2v) is 5.79. The van der Waals surface area contributed by atoms with Gasteiger partial charge in [0.2, 0.25) is 0 Å². The van der Waals surface area contributed by atoms with Gasteiger partial charge in [0.1, 0.15) is 5.75 Å². The smallest absolute Gasteiger partial charge is 0.294 e. The standard InChI is InChI=1S/C16H23NO3/c1-12(2)20-15-5-3-13(4-6-15)14-7-9-16(17,10-8-14)19-11-18/h3-6,11-12,14H,7-10,17H2,1-2H3. The Morgan fingerprint density at radius 2 is 1.85 bits per heavy atom. The highest BCUT2D eigenvalue weighted by atomic mass is 16.5. The Hall–Kier alpha value is -1.55. The van der Waals surface area contributed by atoms with Crippen molar-refractivity contribution < 1.29 is 14.3 Å². The van der Waals surface area contributed by atoms with Crippen LogP contribution >= 0.6 is 0 Å². The lowest BCUT2D eigenvalue weighted by atomic mass is 9.80. The van der Waals surface area contributed by atoms with Gasteiger partial charge in [0.05, 0.1) is 6.10 Å². The minimum atomic E-state index is -0.765. The number of ether oxygens (including phenoxy) is 2. The largest absolute Gasteiger partial charge is 0.491 e. The van der Waals surface area contributed by atoms with Crippen molar-refractivity contribution >= 4 is 6.47 Å². The Morgan fingerprint density at radius 3 is 2.35 bits per heavy atom. The maximum absolute atomic E-state index is 10.4. The lowest BCUT2D eigenvalue weighted by Crippen LogP contribution is -2.45. The van der Waals surface area contributed by atoms with Crippen LogP contribution in [-0.4, -0.2) is 18.3 Å². The van der Waals surface area contributed by atoms with Gasteiger partial charge in [0.25, 0.3) is 6.47 Å². The molecular weight excluding hydrogens is 254 g/mol. The molecule has 4 heteroatoms. The average molecular weight is 277 g/mol. The molecule has 0 saturated heterocycles. The van der Waals surface area contributed by atoms with Gasteiger partial charge in [-0.05, 0) is 50.3 Å². The third kappa shape index (κ3) is 3.73. The average Bonchev–Trinajstić information content (AvgIpc) is 2.40. The molecule has 0 heterocycles. The number of hydrogen-bond acceptors (Lipinski definition) is 4. The summed E-state index contributed by atoms with van der Waals surface area (Å²) in [6.07, 6.45) is 3.49. The van der Waals surface area contributed by atoms with Crippen LogP contribution in [0.25, 0.3) is 0 Å². The van der Waals surface area contributed by atoms with E-state index in [4.69, 9.17) is 15.2 Å². The van der Waals surface area contributed by atoms with Crippen molar-refractivity contribution in [2.45, 2.75) is 57.3 Å². The third-order valence-corrected chi connectivity index (χ3v) is 3.84. The van der Waals surface area contributed by atoms with E-state index in [1.54, 1.807) is 0 Å². The molecule has 0 atom stereocenters. The molecule has 4 nitrogen and oxygen atoms in total. The molecule has 0 aromatic heterocycles. The Morgan fingerprint density at radius 1 is 1.25 bits per heavy atom. The number of hydrogen-bond donors (Lipinski definition) is 1. The van der Waals surface area contributed by atoms with Gasteiger partial charge < -0.3 is 9.47 Å². The lowest BCUT2D eigenvalue weighted by Gasteiger charge is -2.35. The highest BCUT2D eigenvalue weighted by molar-refractivity contribution is 5.38. The van der Waals surface area contributed by atoms with E-state index >= 15 is 0 Å². The molecule has 110 valence electrons. The molecule has 1 aromatic rings. The molecule has 0 aliphatic heterocycles. The van der Waals surface area contributed by atoms with Crippen LogP contribution in [0.5, 0.6) is 5.75 Å². The topological polar surface area (TPSA) is 61.6 Å². The van der Waals surface area contributed by atoms with E-state index in [0.717, 1.165) is 18.6 Å². The first kappa shape index (κ1) is 14.9. The number of rotatable bonds is 5. The molecule has 20 heavy (non-hydrogen) atoms. The molecule has 1 aliphatic rings. The minimum Gasteiger partial charge on any atom is -0.491 e. The Balaban J connectivity index is 1.95. The maximum atomic E-state index is 10.4. The van der Waals surface area contributed by atoms with Gasteiger partial charge in [-0.2, -0.15) is 0 Å². The summed E-state index contributed by atoms with van der Waals surface area (Å²) in [4.78, 5) is 10.4. The second kappa shape index (κ2) is 6.27. The third-order valence-electron chi connectivity index (χ3n) is 3.84. The van der Waals surface area contributed by atoms with Crippen molar-refractivity contribution in [2.24, 2.45) is 5.73 Å². The number of benzene rings is 1. The van der Waals surface area contributed by atoms with Crippen LogP contribution in [0.15, 0.2) is 24.3 Å². The Kier molecular flexibility index (Phi) is 4.65. The summed E-state index contributed by atoms with van der Waals surface area (Å²) >= 11 is 0. The molecular formula is C16H23NO3. The van der Waals surface area contributed by atoms with E-state index in [-0.39, 0.29) is 6.10 Å². The molecule has 1 aromatic carbocycles. The van der Waals surface area contributed by atoms with Crippen LogP contribution in [0.2, 0.25) is 0 Å². The van der Waals surface area contributed by atoms with Crippen LogP contribution in [-0.2, 0) is 9.53 Å². The van der Waals surface area contributed by atoms with Crippen molar-refractivity contribution in [2.75, 3.05) is 0 Å². The van der Waals surface area contributed by atoms with E-state index in [0.29, 0.717) is 25.2 Å². The van der Waals surface area contributed by atoms with Crippen LogP contribution in [0.3, 0.4) is 0 Å². The zero-order chi connectivity index (χ0) is 14.6. The zero-order valence-electron chi connectivity index (χ0n) is 12.2. The first-order chi connectivity index (χ1) is 9.52. The van der Waals surface area contributed by atoms with Gasteiger partial charge >= 0.3 is 0 Å². The molecule has 0 radical (unpaired) electrons. The van der Waals surface area contributed by atoms with E-state index in [2.05, 4.69) is 12.1 Å². The first-order valence-electron chi connectivity index (χ1n) is 7.19. The first-order valence-corrected chi connectivity index (χ1v) is 7.19. The van der Waals surface area contributed by atoms with E-state index < -0.39 is 5.72 Å². The van der Waals surface area contributed by atoms with Crippen molar-refractivity contribution in [1.29, 1.82) is 0 Å². The fourth-order valence-corrected chi connectivity index (χ4v) is 2.74. The van der Waals surface area contributed by atoms with Gasteiger partial charge in [0.15, 0.2) is 5.72 Å². The van der Waals surface area contributed by atoms with Gasteiger partial charge in [-0.15, -0.1) is 0 Å². The van der Waals surface area contributed by atoms with Gasteiger partial charge in [-0.1, -0.05) is 12.1 Å². The summed E-state index contributed by atoms with van der Waals surface area (Å²) in [5.74, 6) is 1.38. The summed E-state index contributed by atoms with van der Waals surface area (Å²) < 4.78 is 10.6. The molecule has 2 rings (SSSR count). The predicted octanol–water partition coefficient (Wildman–Crippen LogP) is 2.96. The number of carbonyl (C=O) groups excluding carboxylic acids is 1.